The number of carbonyl (C=O) groups excluding carboxylic acids is 2. The Balaban J connectivity index is 1.57. The molecule has 1 unspecified atom stereocenters. The molecule has 172 valence electrons. The lowest BCUT2D eigenvalue weighted by atomic mass is 9.62. The van der Waals surface area contributed by atoms with Crippen LogP contribution in [0.25, 0.3) is 0 Å². The summed E-state index contributed by atoms with van der Waals surface area (Å²) >= 11 is 0. The molecule has 0 aliphatic carbocycles. The van der Waals surface area contributed by atoms with Crippen LogP contribution in [0.2, 0.25) is 0 Å². The molecule has 3 heterocycles. The number of nitrogens with zero attached hydrogens (tertiary/aromatic N) is 2. The van der Waals surface area contributed by atoms with E-state index in [2.05, 4.69) is 24.1 Å². The van der Waals surface area contributed by atoms with Gasteiger partial charge in [-0.3, -0.25) is 9.69 Å². The van der Waals surface area contributed by atoms with Gasteiger partial charge >= 0.3 is 6.09 Å². The lowest BCUT2D eigenvalue weighted by Gasteiger charge is -2.54. The molecule has 0 radical (unpaired) electrons. The average Bonchev–Trinajstić information content (AvgIpc) is 2.67. The summed E-state index contributed by atoms with van der Waals surface area (Å²) in [5.74, 6) is 0.482. The van der Waals surface area contributed by atoms with Gasteiger partial charge in [0.25, 0.3) is 0 Å². The van der Waals surface area contributed by atoms with Crippen LogP contribution >= 0.6 is 0 Å². The number of nitrogens with one attached hydrogen (secondary N) is 1. The molecule has 6 heteroatoms. The number of unbranched alkanes of at least 4 members (excludes halogenated alkanes) is 1. The van der Waals surface area contributed by atoms with Crippen molar-refractivity contribution in [1.82, 2.24) is 15.1 Å². The van der Waals surface area contributed by atoms with Gasteiger partial charge in [-0.1, -0.05) is 19.8 Å². The zero-order valence-electron chi connectivity index (χ0n) is 19.9. The third kappa shape index (κ3) is 5.12. The molecule has 0 aromatic carbocycles. The Hall–Kier alpha value is -1.30. The first kappa shape index (κ1) is 23.4. The van der Waals surface area contributed by atoms with E-state index in [0.717, 1.165) is 84.1 Å². The normalized spacial score (nSPS) is 27.0. The van der Waals surface area contributed by atoms with Crippen LogP contribution in [0.4, 0.5) is 4.79 Å². The Kier molecular flexibility index (Phi) is 7.05. The first-order valence-electron chi connectivity index (χ1n) is 12.1. The lowest BCUT2D eigenvalue weighted by Crippen LogP contribution is -2.60. The average molecular weight is 422 g/mol. The van der Waals surface area contributed by atoms with E-state index in [4.69, 9.17) is 4.74 Å². The second kappa shape index (κ2) is 9.05. The second-order valence-electron chi connectivity index (χ2n) is 11.0. The van der Waals surface area contributed by atoms with Gasteiger partial charge in [0.1, 0.15) is 5.60 Å². The number of hydrogen-bond acceptors (Lipinski definition) is 4. The predicted molar refractivity (Wildman–Crippen MR) is 119 cm³/mol. The van der Waals surface area contributed by atoms with Gasteiger partial charge in [0.05, 0.1) is 0 Å². The van der Waals surface area contributed by atoms with Gasteiger partial charge in [-0.05, 0) is 84.7 Å². The van der Waals surface area contributed by atoms with E-state index >= 15 is 0 Å². The van der Waals surface area contributed by atoms with Gasteiger partial charge < -0.3 is 15.0 Å². The highest BCUT2D eigenvalue weighted by atomic mass is 16.6. The number of likely N-dealkylation sites (tertiary alicyclic amines) is 2. The van der Waals surface area contributed by atoms with Gasteiger partial charge in [0, 0.05) is 31.1 Å². The van der Waals surface area contributed by atoms with Crippen LogP contribution in [0.1, 0.15) is 86.0 Å². The molecule has 1 spiro atoms. The Morgan fingerprint density at radius 2 is 1.73 bits per heavy atom. The zero-order valence-corrected chi connectivity index (χ0v) is 19.9. The summed E-state index contributed by atoms with van der Waals surface area (Å²) in [5.41, 5.74) is -0.114. The van der Waals surface area contributed by atoms with Crippen LogP contribution in [0, 0.1) is 11.3 Å². The number of ether oxygens (including phenoxy) is 1. The van der Waals surface area contributed by atoms with Crippen molar-refractivity contribution < 1.29 is 14.3 Å². The van der Waals surface area contributed by atoms with E-state index in [-0.39, 0.29) is 23.0 Å². The lowest BCUT2D eigenvalue weighted by molar-refractivity contribution is -0.137. The SMILES string of the molecule is CCCCC1C(=O)NCCC12CCN(C1(C)CCN(C(=O)OC(C)(C)C)CC1)CC2. The van der Waals surface area contributed by atoms with Crippen molar-refractivity contribution in [3.05, 3.63) is 0 Å². The van der Waals surface area contributed by atoms with Crippen molar-refractivity contribution in [1.29, 1.82) is 0 Å². The number of amides is 2. The molecule has 0 saturated carbocycles. The molecule has 3 rings (SSSR count). The molecule has 3 aliphatic heterocycles. The third-order valence-corrected chi connectivity index (χ3v) is 7.84. The maximum Gasteiger partial charge on any atom is 0.410 e. The van der Waals surface area contributed by atoms with E-state index in [0.29, 0.717) is 5.91 Å². The standard InChI is InChI=1S/C24H43N3O3/c1-6-7-8-19-20(28)25-14-9-24(19)12-17-27(18-13-24)23(5)10-15-26(16-11-23)21(29)30-22(2,3)4/h19H,6-18H2,1-5H3,(H,25,28). The van der Waals surface area contributed by atoms with Gasteiger partial charge in [0.2, 0.25) is 5.91 Å². The third-order valence-electron chi connectivity index (χ3n) is 7.84. The largest absolute Gasteiger partial charge is 0.444 e. The predicted octanol–water partition coefficient (Wildman–Crippen LogP) is 4.18. The second-order valence-corrected chi connectivity index (χ2v) is 11.0. The summed E-state index contributed by atoms with van der Waals surface area (Å²) in [6, 6.07) is 0. The first-order chi connectivity index (χ1) is 14.1. The summed E-state index contributed by atoms with van der Waals surface area (Å²) in [6.45, 7) is 14.8. The molecule has 1 atom stereocenters. The minimum Gasteiger partial charge on any atom is -0.444 e. The summed E-state index contributed by atoms with van der Waals surface area (Å²) in [7, 11) is 0. The van der Waals surface area contributed by atoms with Gasteiger partial charge in [-0.15, -0.1) is 0 Å². The van der Waals surface area contributed by atoms with Crippen molar-refractivity contribution in [2.45, 2.75) is 97.1 Å². The monoisotopic (exact) mass is 421 g/mol. The molecule has 2 amide bonds. The topological polar surface area (TPSA) is 61.9 Å². The fourth-order valence-electron chi connectivity index (χ4n) is 5.76. The number of piperidine rings is 3. The van der Waals surface area contributed by atoms with Crippen molar-refractivity contribution in [2.24, 2.45) is 11.3 Å². The Morgan fingerprint density at radius 1 is 1.10 bits per heavy atom. The van der Waals surface area contributed by atoms with E-state index in [9.17, 15) is 9.59 Å². The molecular weight excluding hydrogens is 378 g/mol. The summed E-state index contributed by atoms with van der Waals surface area (Å²) < 4.78 is 5.56. The maximum absolute atomic E-state index is 12.6. The Labute approximate surface area is 183 Å². The van der Waals surface area contributed by atoms with Gasteiger partial charge in [0.15, 0.2) is 0 Å². The molecule has 6 nitrogen and oxygen atoms in total. The molecule has 0 aromatic rings. The number of rotatable bonds is 4. The highest BCUT2D eigenvalue weighted by Gasteiger charge is 2.49. The van der Waals surface area contributed by atoms with Crippen LogP contribution in [0.15, 0.2) is 0 Å². The Bertz CT molecular complexity index is 612. The quantitative estimate of drug-likeness (QED) is 0.739. The molecule has 3 saturated heterocycles. The van der Waals surface area contributed by atoms with Crippen LogP contribution in [-0.2, 0) is 9.53 Å². The van der Waals surface area contributed by atoms with Crippen LogP contribution in [0.3, 0.4) is 0 Å². The molecule has 0 aromatic heterocycles. The summed E-state index contributed by atoms with van der Waals surface area (Å²) in [5, 5.41) is 3.12. The fraction of sp³-hybridized carbons (Fsp3) is 0.917. The van der Waals surface area contributed by atoms with Crippen LogP contribution in [0.5, 0.6) is 0 Å². The highest BCUT2D eigenvalue weighted by Crippen LogP contribution is 2.47. The molecular formula is C24H43N3O3. The van der Waals surface area contributed by atoms with Crippen molar-refractivity contribution in [3.63, 3.8) is 0 Å². The molecule has 30 heavy (non-hydrogen) atoms. The van der Waals surface area contributed by atoms with Crippen molar-refractivity contribution >= 4 is 12.0 Å². The highest BCUT2D eigenvalue weighted by molar-refractivity contribution is 5.80. The van der Waals surface area contributed by atoms with Crippen molar-refractivity contribution in [2.75, 3.05) is 32.7 Å². The summed E-state index contributed by atoms with van der Waals surface area (Å²) in [6.07, 6.45) is 8.49. The fourth-order valence-corrected chi connectivity index (χ4v) is 5.76. The molecule has 3 aliphatic rings. The zero-order chi connectivity index (χ0) is 22.0. The molecule has 1 N–H and O–H groups in total. The maximum atomic E-state index is 12.6. The number of hydrogen-bond donors (Lipinski definition) is 1. The summed E-state index contributed by atoms with van der Waals surface area (Å²) in [4.78, 5) is 29.6. The van der Waals surface area contributed by atoms with Crippen LogP contribution < -0.4 is 5.32 Å². The Morgan fingerprint density at radius 3 is 2.30 bits per heavy atom. The number of carbonyl (C=O) groups is 2. The van der Waals surface area contributed by atoms with Gasteiger partial charge in [-0.2, -0.15) is 0 Å². The minimum absolute atomic E-state index is 0.135. The van der Waals surface area contributed by atoms with E-state index in [1.165, 1.54) is 0 Å². The van der Waals surface area contributed by atoms with E-state index in [1.54, 1.807) is 0 Å². The van der Waals surface area contributed by atoms with Crippen molar-refractivity contribution in [3.8, 4) is 0 Å². The minimum atomic E-state index is -0.445. The van der Waals surface area contributed by atoms with Gasteiger partial charge in [-0.25, -0.2) is 4.79 Å². The molecule has 3 fully saturated rings. The van der Waals surface area contributed by atoms with E-state index in [1.807, 2.05) is 25.7 Å². The smallest absolute Gasteiger partial charge is 0.410 e. The van der Waals surface area contributed by atoms with Crippen LogP contribution in [-0.4, -0.2) is 65.7 Å². The molecule has 0 bridgehead atoms. The van der Waals surface area contributed by atoms with E-state index < -0.39 is 5.60 Å². The first-order valence-corrected chi connectivity index (χ1v) is 12.1.